The summed E-state index contributed by atoms with van der Waals surface area (Å²) in [6.45, 7) is 4.54. The number of aliphatic hydroxyl groups excluding tert-OH is 1. The molecule has 0 aliphatic carbocycles. The zero-order valence-electron chi connectivity index (χ0n) is 13.2. The van der Waals surface area contributed by atoms with E-state index in [-0.39, 0.29) is 19.1 Å². The van der Waals surface area contributed by atoms with Gasteiger partial charge in [0.25, 0.3) is 0 Å². The van der Waals surface area contributed by atoms with Crippen molar-refractivity contribution in [2.24, 2.45) is 0 Å². The molecular weight excluding hydrogens is 280 g/mol. The smallest absolute Gasteiger partial charge is 0.238 e. The summed E-state index contributed by atoms with van der Waals surface area (Å²) in [5, 5.41) is 16.3. The summed E-state index contributed by atoms with van der Waals surface area (Å²) < 4.78 is 1.82. The predicted octanol–water partition coefficient (Wildman–Crippen LogP) is 1.35. The summed E-state index contributed by atoms with van der Waals surface area (Å²) in [5.41, 5.74) is 3.37. The number of hydrogen-bond donors (Lipinski definition) is 2. The van der Waals surface area contributed by atoms with E-state index >= 15 is 0 Å². The molecule has 0 aliphatic heterocycles. The lowest BCUT2D eigenvalue weighted by molar-refractivity contribution is -0.117. The van der Waals surface area contributed by atoms with Gasteiger partial charge in [-0.2, -0.15) is 5.10 Å². The van der Waals surface area contributed by atoms with E-state index in [9.17, 15) is 4.79 Å². The maximum Gasteiger partial charge on any atom is 0.238 e. The number of benzene rings is 1. The number of nitrogens with one attached hydrogen (secondary N) is 1. The molecule has 6 nitrogen and oxygen atoms in total. The Hall–Kier alpha value is -2.18. The molecule has 2 N–H and O–H groups in total. The topological polar surface area (TPSA) is 70.4 Å². The van der Waals surface area contributed by atoms with Crippen LogP contribution in [0.4, 0.5) is 5.69 Å². The van der Waals surface area contributed by atoms with Crippen molar-refractivity contribution in [2.45, 2.75) is 13.8 Å². The molecular formula is C16H22N4O2. The number of carbonyl (C=O) groups is 1. The average Bonchev–Trinajstić information content (AvgIpc) is 2.76. The van der Waals surface area contributed by atoms with E-state index in [2.05, 4.69) is 10.4 Å². The van der Waals surface area contributed by atoms with Crippen LogP contribution in [0.25, 0.3) is 5.69 Å². The molecule has 6 heteroatoms. The minimum atomic E-state index is -0.116. The molecule has 0 atom stereocenters. The second-order valence-electron chi connectivity index (χ2n) is 5.30. The molecule has 1 aromatic heterocycles. The van der Waals surface area contributed by atoms with Gasteiger partial charge >= 0.3 is 0 Å². The van der Waals surface area contributed by atoms with Crippen molar-refractivity contribution in [1.82, 2.24) is 14.7 Å². The number of rotatable bonds is 6. The van der Waals surface area contributed by atoms with E-state index in [1.165, 1.54) is 0 Å². The van der Waals surface area contributed by atoms with Crippen LogP contribution in [0, 0.1) is 13.8 Å². The number of aryl methyl sites for hydroxylation is 1. The summed E-state index contributed by atoms with van der Waals surface area (Å²) in [4.78, 5) is 13.8. The molecule has 1 aromatic carbocycles. The summed E-state index contributed by atoms with van der Waals surface area (Å²) in [6, 6.07) is 9.80. The van der Waals surface area contributed by atoms with Crippen LogP contribution in [0.5, 0.6) is 0 Å². The molecule has 2 rings (SSSR count). The van der Waals surface area contributed by atoms with Crippen molar-refractivity contribution < 1.29 is 9.90 Å². The Morgan fingerprint density at radius 1 is 1.32 bits per heavy atom. The van der Waals surface area contributed by atoms with Crippen LogP contribution in [-0.4, -0.2) is 52.4 Å². The van der Waals surface area contributed by atoms with E-state index in [0.29, 0.717) is 6.54 Å². The molecule has 1 heterocycles. The molecule has 22 heavy (non-hydrogen) atoms. The van der Waals surface area contributed by atoms with Gasteiger partial charge in [-0.3, -0.25) is 9.69 Å². The Bertz CT molecular complexity index is 637. The number of nitrogens with zero attached hydrogens (tertiary/aromatic N) is 3. The van der Waals surface area contributed by atoms with E-state index in [4.69, 9.17) is 5.11 Å². The van der Waals surface area contributed by atoms with Crippen LogP contribution < -0.4 is 5.32 Å². The maximum atomic E-state index is 12.1. The molecule has 2 aromatic rings. The van der Waals surface area contributed by atoms with Gasteiger partial charge in [0.15, 0.2) is 0 Å². The molecule has 0 saturated heterocycles. The van der Waals surface area contributed by atoms with Gasteiger partial charge in [-0.05, 0) is 33.0 Å². The van der Waals surface area contributed by atoms with Gasteiger partial charge in [-0.15, -0.1) is 0 Å². The van der Waals surface area contributed by atoms with Crippen molar-refractivity contribution in [3.8, 4) is 5.69 Å². The summed E-state index contributed by atoms with van der Waals surface area (Å²) >= 11 is 0. The van der Waals surface area contributed by atoms with Crippen molar-refractivity contribution in [2.75, 3.05) is 32.1 Å². The SMILES string of the molecule is Cc1nn(-c2ccccc2)c(C)c1NC(=O)CN(C)CCO. The van der Waals surface area contributed by atoms with Gasteiger partial charge in [0.05, 0.1) is 35.9 Å². The molecule has 0 bridgehead atoms. The van der Waals surface area contributed by atoms with E-state index in [0.717, 1.165) is 22.8 Å². The van der Waals surface area contributed by atoms with Gasteiger partial charge in [-0.1, -0.05) is 18.2 Å². The lowest BCUT2D eigenvalue weighted by Gasteiger charge is -2.14. The highest BCUT2D eigenvalue weighted by Crippen LogP contribution is 2.22. The number of aliphatic hydroxyl groups is 1. The first-order chi connectivity index (χ1) is 10.5. The highest BCUT2D eigenvalue weighted by Gasteiger charge is 2.15. The summed E-state index contributed by atoms with van der Waals surface area (Å²) in [6.07, 6.45) is 0. The fourth-order valence-corrected chi connectivity index (χ4v) is 2.32. The maximum absolute atomic E-state index is 12.1. The zero-order chi connectivity index (χ0) is 16.1. The molecule has 0 saturated carbocycles. The van der Waals surface area contributed by atoms with E-state index in [1.807, 2.05) is 48.9 Å². The molecule has 0 fully saturated rings. The normalized spacial score (nSPS) is 11.0. The van der Waals surface area contributed by atoms with E-state index < -0.39 is 0 Å². The van der Waals surface area contributed by atoms with Gasteiger partial charge in [0.1, 0.15) is 0 Å². The van der Waals surface area contributed by atoms with Crippen molar-refractivity contribution in [3.05, 3.63) is 41.7 Å². The minimum Gasteiger partial charge on any atom is -0.395 e. The summed E-state index contributed by atoms with van der Waals surface area (Å²) in [7, 11) is 1.79. The zero-order valence-corrected chi connectivity index (χ0v) is 13.2. The van der Waals surface area contributed by atoms with Crippen molar-refractivity contribution in [1.29, 1.82) is 0 Å². The van der Waals surface area contributed by atoms with Crippen LogP contribution in [0.1, 0.15) is 11.4 Å². The predicted molar refractivity (Wildman–Crippen MR) is 86.3 cm³/mol. The van der Waals surface area contributed by atoms with Gasteiger partial charge in [0.2, 0.25) is 5.91 Å². The molecule has 118 valence electrons. The Morgan fingerprint density at radius 3 is 2.64 bits per heavy atom. The Labute approximate surface area is 130 Å². The Kier molecular flexibility index (Phi) is 5.30. The average molecular weight is 302 g/mol. The molecule has 1 amide bonds. The fraction of sp³-hybridized carbons (Fsp3) is 0.375. The monoisotopic (exact) mass is 302 g/mol. The second kappa shape index (κ2) is 7.20. The van der Waals surface area contributed by atoms with Gasteiger partial charge in [0, 0.05) is 6.54 Å². The lowest BCUT2D eigenvalue weighted by Crippen LogP contribution is -2.32. The van der Waals surface area contributed by atoms with E-state index in [1.54, 1.807) is 11.9 Å². The number of para-hydroxylation sites is 1. The lowest BCUT2D eigenvalue weighted by atomic mass is 10.3. The number of hydrogen-bond acceptors (Lipinski definition) is 4. The van der Waals surface area contributed by atoms with Crippen LogP contribution >= 0.6 is 0 Å². The first-order valence-electron chi connectivity index (χ1n) is 7.24. The van der Waals surface area contributed by atoms with Crippen LogP contribution in [0.15, 0.2) is 30.3 Å². The molecule has 0 aliphatic rings. The number of anilines is 1. The first kappa shape index (κ1) is 16.2. The van der Waals surface area contributed by atoms with Crippen molar-refractivity contribution in [3.63, 3.8) is 0 Å². The number of aromatic nitrogens is 2. The Morgan fingerprint density at radius 2 is 2.00 bits per heavy atom. The van der Waals surface area contributed by atoms with Crippen LogP contribution in [0.3, 0.4) is 0 Å². The van der Waals surface area contributed by atoms with Gasteiger partial charge in [-0.25, -0.2) is 4.68 Å². The van der Waals surface area contributed by atoms with Gasteiger partial charge < -0.3 is 10.4 Å². The largest absolute Gasteiger partial charge is 0.395 e. The highest BCUT2D eigenvalue weighted by molar-refractivity contribution is 5.93. The van der Waals surface area contributed by atoms with Crippen molar-refractivity contribution >= 4 is 11.6 Å². The fourth-order valence-electron chi connectivity index (χ4n) is 2.32. The third-order valence-corrected chi connectivity index (χ3v) is 3.45. The molecule has 0 spiro atoms. The third kappa shape index (κ3) is 3.72. The molecule has 0 radical (unpaired) electrons. The quantitative estimate of drug-likeness (QED) is 0.845. The first-order valence-corrected chi connectivity index (χ1v) is 7.24. The highest BCUT2D eigenvalue weighted by atomic mass is 16.3. The number of carbonyl (C=O) groups excluding carboxylic acids is 1. The minimum absolute atomic E-state index is 0.0355. The number of likely N-dealkylation sites (N-methyl/N-ethyl adjacent to an activating group) is 1. The number of amides is 1. The van der Waals surface area contributed by atoms with Crippen LogP contribution in [0.2, 0.25) is 0 Å². The Balaban J connectivity index is 2.16. The van der Waals surface area contributed by atoms with Crippen LogP contribution in [-0.2, 0) is 4.79 Å². The third-order valence-electron chi connectivity index (χ3n) is 3.45. The molecule has 0 unspecified atom stereocenters. The summed E-state index contributed by atoms with van der Waals surface area (Å²) in [5.74, 6) is -0.116. The standard InChI is InChI=1S/C16H22N4O2/c1-12-16(17-15(22)11-19(3)9-10-21)13(2)20(18-12)14-7-5-4-6-8-14/h4-8,21H,9-11H2,1-3H3,(H,17,22). The second-order valence-corrected chi connectivity index (χ2v) is 5.30.